The molecule has 2 aromatic rings. The normalized spacial score (nSPS) is 10.1. The topological polar surface area (TPSA) is 38.3 Å². The van der Waals surface area contributed by atoms with E-state index in [1.54, 1.807) is 0 Å². The van der Waals surface area contributed by atoms with Crippen molar-refractivity contribution in [2.75, 3.05) is 11.9 Å². The highest BCUT2D eigenvalue weighted by atomic mass is 16.5. The van der Waals surface area contributed by atoms with Gasteiger partial charge in [0.2, 0.25) is 0 Å². The second-order valence-corrected chi connectivity index (χ2v) is 4.65. The molecule has 1 amide bonds. The van der Waals surface area contributed by atoms with E-state index in [0.29, 0.717) is 0 Å². The zero-order valence-electron chi connectivity index (χ0n) is 11.8. The van der Waals surface area contributed by atoms with Gasteiger partial charge in [0.15, 0.2) is 6.61 Å². The number of benzene rings is 2. The highest BCUT2D eigenvalue weighted by Crippen LogP contribution is 2.16. The molecule has 0 fully saturated rings. The molecule has 3 nitrogen and oxygen atoms in total. The molecule has 2 aromatic carbocycles. The van der Waals surface area contributed by atoms with Gasteiger partial charge in [0.05, 0.1) is 0 Å². The summed E-state index contributed by atoms with van der Waals surface area (Å²) in [6, 6.07) is 15.5. The Balaban J connectivity index is 1.87. The van der Waals surface area contributed by atoms with E-state index in [4.69, 9.17) is 4.74 Å². The van der Waals surface area contributed by atoms with Crippen LogP contribution in [-0.4, -0.2) is 12.5 Å². The van der Waals surface area contributed by atoms with Gasteiger partial charge in [-0.2, -0.15) is 0 Å². The number of aryl methyl sites for hydroxylation is 2. The Labute approximate surface area is 119 Å². The van der Waals surface area contributed by atoms with E-state index in [0.717, 1.165) is 23.4 Å². The standard InChI is InChI=1S/C17H19NO2/c1-3-14-8-10-15(11-9-14)18-17(19)12-20-16-7-5-4-6-13(16)2/h4-11H,3,12H2,1-2H3,(H,18,19). The van der Waals surface area contributed by atoms with E-state index < -0.39 is 0 Å². The second-order valence-electron chi connectivity index (χ2n) is 4.65. The van der Waals surface area contributed by atoms with Crippen LogP contribution in [0, 0.1) is 6.92 Å². The number of anilines is 1. The highest BCUT2D eigenvalue weighted by Gasteiger charge is 2.05. The van der Waals surface area contributed by atoms with E-state index >= 15 is 0 Å². The maximum absolute atomic E-state index is 11.8. The lowest BCUT2D eigenvalue weighted by Gasteiger charge is -2.09. The molecule has 2 rings (SSSR count). The first-order chi connectivity index (χ1) is 9.69. The summed E-state index contributed by atoms with van der Waals surface area (Å²) in [5, 5.41) is 2.82. The minimum Gasteiger partial charge on any atom is -0.483 e. The van der Waals surface area contributed by atoms with Crippen LogP contribution < -0.4 is 10.1 Å². The number of hydrogen-bond acceptors (Lipinski definition) is 2. The van der Waals surface area contributed by atoms with Crippen LogP contribution in [-0.2, 0) is 11.2 Å². The van der Waals surface area contributed by atoms with Gasteiger partial charge in [-0.1, -0.05) is 37.3 Å². The molecule has 3 heteroatoms. The van der Waals surface area contributed by atoms with Gasteiger partial charge < -0.3 is 10.1 Å². The molecule has 0 aromatic heterocycles. The van der Waals surface area contributed by atoms with Gasteiger partial charge in [0.25, 0.3) is 5.91 Å². The predicted molar refractivity (Wildman–Crippen MR) is 81.1 cm³/mol. The van der Waals surface area contributed by atoms with Crippen molar-refractivity contribution in [3.63, 3.8) is 0 Å². The number of nitrogens with one attached hydrogen (secondary N) is 1. The molecule has 0 saturated carbocycles. The van der Waals surface area contributed by atoms with E-state index in [-0.39, 0.29) is 12.5 Å². The molecule has 0 aliphatic rings. The van der Waals surface area contributed by atoms with Crippen LogP contribution in [0.4, 0.5) is 5.69 Å². The van der Waals surface area contributed by atoms with Crippen LogP contribution in [0.15, 0.2) is 48.5 Å². The van der Waals surface area contributed by atoms with Gasteiger partial charge in [0, 0.05) is 5.69 Å². The predicted octanol–water partition coefficient (Wildman–Crippen LogP) is 3.57. The molecular weight excluding hydrogens is 250 g/mol. The van der Waals surface area contributed by atoms with Gasteiger partial charge in [-0.15, -0.1) is 0 Å². The van der Waals surface area contributed by atoms with Crippen molar-refractivity contribution in [1.29, 1.82) is 0 Å². The summed E-state index contributed by atoms with van der Waals surface area (Å²) in [4.78, 5) is 11.8. The van der Waals surface area contributed by atoms with Gasteiger partial charge in [-0.3, -0.25) is 4.79 Å². The number of hydrogen-bond donors (Lipinski definition) is 1. The fourth-order valence-electron chi connectivity index (χ4n) is 1.88. The highest BCUT2D eigenvalue weighted by molar-refractivity contribution is 5.91. The summed E-state index contributed by atoms with van der Waals surface area (Å²) < 4.78 is 5.50. The lowest BCUT2D eigenvalue weighted by Crippen LogP contribution is -2.20. The number of rotatable bonds is 5. The van der Waals surface area contributed by atoms with Crippen LogP contribution in [0.25, 0.3) is 0 Å². The zero-order valence-corrected chi connectivity index (χ0v) is 11.8. The first-order valence-electron chi connectivity index (χ1n) is 6.76. The lowest BCUT2D eigenvalue weighted by molar-refractivity contribution is -0.118. The van der Waals surface area contributed by atoms with Crippen LogP contribution in [0.2, 0.25) is 0 Å². The molecule has 0 spiro atoms. The van der Waals surface area contributed by atoms with E-state index in [1.165, 1.54) is 5.56 Å². The lowest BCUT2D eigenvalue weighted by atomic mass is 10.1. The van der Waals surface area contributed by atoms with Crippen molar-refractivity contribution >= 4 is 11.6 Å². The maximum atomic E-state index is 11.8. The van der Waals surface area contributed by atoms with Gasteiger partial charge in [-0.05, 0) is 42.7 Å². The van der Waals surface area contributed by atoms with Crippen LogP contribution in [0.1, 0.15) is 18.1 Å². The van der Waals surface area contributed by atoms with Crippen molar-refractivity contribution in [1.82, 2.24) is 0 Å². The summed E-state index contributed by atoms with van der Waals surface area (Å²) >= 11 is 0. The van der Waals surface area contributed by atoms with Crippen LogP contribution >= 0.6 is 0 Å². The van der Waals surface area contributed by atoms with Crippen LogP contribution in [0.5, 0.6) is 5.75 Å². The number of para-hydroxylation sites is 1. The second kappa shape index (κ2) is 6.75. The largest absolute Gasteiger partial charge is 0.483 e. The van der Waals surface area contributed by atoms with Gasteiger partial charge in [0.1, 0.15) is 5.75 Å². The minimum atomic E-state index is -0.155. The van der Waals surface area contributed by atoms with Crippen molar-refractivity contribution in [2.24, 2.45) is 0 Å². The molecule has 0 aliphatic heterocycles. The zero-order chi connectivity index (χ0) is 14.4. The fourth-order valence-corrected chi connectivity index (χ4v) is 1.88. The number of carbonyl (C=O) groups is 1. The van der Waals surface area contributed by atoms with Gasteiger partial charge >= 0.3 is 0 Å². The average molecular weight is 269 g/mol. The Morgan fingerprint density at radius 2 is 1.80 bits per heavy atom. The molecule has 0 heterocycles. The first kappa shape index (κ1) is 14.1. The van der Waals surface area contributed by atoms with Crippen molar-refractivity contribution < 1.29 is 9.53 Å². The third kappa shape index (κ3) is 3.85. The SMILES string of the molecule is CCc1ccc(NC(=O)COc2ccccc2C)cc1. The average Bonchev–Trinajstić information content (AvgIpc) is 2.47. The number of ether oxygens (including phenoxy) is 1. The molecule has 0 unspecified atom stereocenters. The Bertz CT molecular complexity index is 576. The summed E-state index contributed by atoms with van der Waals surface area (Å²) in [5.74, 6) is 0.585. The summed E-state index contributed by atoms with van der Waals surface area (Å²) in [6.07, 6.45) is 0.991. The van der Waals surface area contributed by atoms with E-state index in [9.17, 15) is 4.79 Å². The molecule has 0 aliphatic carbocycles. The summed E-state index contributed by atoms with van der Waals surface area (Å²) in [5.41, 5.74) is 3.06. The van der Waals surface area contributed by atoms with Crippen molar-refractivity contribution in [3.05, 3.63) is 59.7 Å². The molecular formula is C17H19NO2. The van der Waals surface area contributed by atoms with E-state index in [2.05, 4.69) is 12.2 Å². The third-order valence-electron chi connectivity index (χ3n) is 3.10. The molecule has 20 heavy (non-hydrogen) atoms. The molecule has 0 atom stereocenters. The maximum Gasteiger partial charge on any atom is 0.262 e. The molecule has 0 saturated heterocycles. The third-order valence-corrected chi connectivity index (χ3v) is 3.10. The fraction of sp³-hybridized carbons (Fsp3) is 0.235. The van der Waals surface area contributed by atoms with Gasteiger partial charge in [-0.25, -0.2) is 0 Å². The number of amides is 1. The molecule has 0 bridgehead atoms. The van der Waals surface area contributed by atoms with Crippen molar-refractivity contribution in [2.45, 2.75) is 20.3 Å². The number of carbonyl (C=O) groups excluding carboxylic acids is 1. The molecule has 0 radical (unpaired) electrons. The Hall–Kier alpha value is -2.29. The minimum absolute atomic E-state index is 0.0143. The van der Waals surface area contributed by atoms with E-state index in [1.807, 2.05) is 55.5 Å². The first-order valence-corrected chi connectivity index (χ1v) is 6.76. The Kier molecular flexibility index (Phi) is 4.77. The van der Waals surface area contributed by atoms with Crippen LogP contribution in [0.3, 0.4) is 0 Å². The smallest absolute Gasteiger partial charge is 0.262 e. The summed E-state index contributed by atoms with van der Waals surface area (Å²) in [6.45, 7) is 4.07. The Morgan fingerprint density at radius 3 is 2.45 bits per heavy atom. The molecule has 104 valence electrons. The quantitative estimate of drug-likeness (QED) is 0.901. The van der Waals surface area contributed by atoms with Crippen molar-refractivity contribution in [3.8, 4) is 5.75 Å². The molecule has 1 N–H and O–H groups in total. The Morgan fingerprint density at radius 1 is 1.10 bits per heavy atom. The monoisotopic (exact) mass is 269 g/mol. The summed E-state index contributed by atoms with van der Waals surface area (Å²) in [7, 11) is 0.